The van der Waals surface area contributed by atoms with Crippen molar-refractivity contribution in [2.75, 3.05) is 19.6 Å². The van der Waals surface area contributed by atoms with E-state index in [2.05, 4.69) is 41.8 Å². The molecule has 1 aliphatic heterocycles. The van der Waals surface area contributed by atoms with Gasteiger partial charge in [0.15, 0.2) is 5.69 Å². The first-order valence-electron chi connectivity index (χ1n) is 10.4. The van der Waals surface area contributed by atoms with Gasteiger partial charge in [0.2, 0.25) is 0 Å². The third-order valence-corrected chi connectivity index (χ3v) is 5.97. The van der Waals surface area contributed by atoms with Gasteiger partial charge in [0.05, 0.1) is 5.69 Å². The van der Waals surface area contributed by atoms with Gasteiger partial charge in [0.25, 0.3) is 5.91 Å². The predicted molar refractivity (Wildman–Crippen MR) is 108 cm³/mol. The van der Waals surface area contributed by atoms with Crippen LogP contribution >= 0.6 is 0 Å². The lowest BCUT2D eigenvalue weighted by atomic mass is 9.96. The van der Waals surface area contributed by atoms with Crippen LogP contribution in [-0.2, 0) is 19.3 Å². The molecule has 1 amide bonds. The molecule has 4 rings (SSSR count). The van der Waals surface area contributed by atoms with Crippen LogP contribution in [0.5, 0.6) is 0 Å². The number of nitrogens with zero attached hydrogens (tertiary/aromatic N) is 2. The van der Waals surface area contributed by atoms with Crippen molar-refractivity contribution in [1.82, 2.24) is 20.4 Å². The van der Waals surface area contributed by atoms with Crippen molar-refractivity contribution in [3.05, 3.63) is 46.8 Å². The summed E-state index contributed by atoms with van der Waals surface area (Å²) in [5.74, 6) is 0.667. The first-order chi connectivity index (χ1) is 13.3. The summed E-state index contributed by atoms with van der Waals surface area (Å²) in [6, 6.07) is 8.52. The molecular formula is C22H30N4O. The molecule has 0 spiro atoms. The summed E-state index contributed by atoms with van der Waals surface area (Å²) in [5.41, 5.74) is 5.35. The van der Waals surface area contributed by atoms with Crippen LogP contribution in [0.4, 0.5) is 0 Å². The molecule has 1 fully saturated rings. The SMILES string of the molecule is CCc1ccc(-n2nc(C(=O)NCCC3CCCNC3)c3c2CCC3)cc1. The molecule has 1 saturated heterocycles. The summed E-state index contributed by atoms with van der Waals surface area (Å²) >= 11 is 0. The van der Waals surface area contributed by atoms with E-state index in [1.54, 1.807) is 0 Å². The van der Waals surface area contributed by atoms with Crippen LogP contribution in [-0.4, -0.2) is 35.3 Å². The van der Waals surface area contributed by atoms with E-state index in [0.29, 0.717) is 11.6 Å². The van der Waals surface area contributed by atoms with Crippen molar-refractivity contribution in [2.45, 2.75) is 51.9 Å². The summed E-state index contributed by atoms with van der Waals surface area (Å²) in [6.07, 6.45) is 7.64. The quantitative estimate of drug-likeness (QED) is 0.826. The molecule has 27 heavy (non-hydrogen) atoms. The summed E-state index contributed by atoms with van der Waals surface area (Å²) in [5, 5.41) is 11.3. The lowest BCUT2D eigenvalue weighted by molar-refractivity contribution is 0.0944. The van der Waals surface area contributed by atoms with Crippen molar-refractivity contribution in [3.8, 4) is 5.69 Å². The third kappa shape index (κ3) is 3.93. The first-order valence-corrected chi connectivity index (χ1v) is 10.4. The van der Waals surface area contributed by atoms with Gasteiger partial charge < -0.3 is 10.6 Å². The highest BCUT2D eigenvalue weighted by Gasteiger charge is 2.27. The van der Waals surface area contributed by atoms with Crippen molar-refractivity contribution in [2.24, 2.45) is 5.92 Å². The van der Waals surface area contributed by atoms with Crippen molar-refractivity contribution < 1.29 is 4.79 Å². The molecule has 0 saturated carbocycles. The zero-order chi connectivity index (χ0) is 18.6. The number of amides is 1. The van der Waals surface area contributed by atoms with Crippen molar-refractivity contribution in [3.63, 3.8) is 0 Å². The third-order valence-electron chi connectivity index (χ3n) is 5.97. The van der Waals surface area contributed by atoms with Gasteiger partial charge in [-0.05, 0) is 81.6 Å². The van der Waals surface area contributed by atoms with Gasteiger partial charge in [-0.25, -0.2) is 4.68 Å². The lowest BCUT2D eigenvalue weighted by Crippen LogP contribution is -2.33. The van der Waals surface area contributed by atoms with Gasteiger partial charge in [-0.1, -0.05) is 19.1 Å². The van der Waals surface area contributed by atoms with E-state index in [9.17, 15) is 4.79 Å². The molecule has 2 heterocycles. The summed E-state index contributed by atoms with van der Waals surface area (Å²) in [6.45, 7) is 5.10. The standard InChI is InChI=1S/C22H30N4O/c1-2-16-8-10-18(11-9-16)26-20-7-3-6-19(20)21(25-26)22(27)24-14-12-17-5-4-13-23-15-17/h8-11,17,23H,2-7,12-15H2,1H3,(H,24,27). The maximum atomic E-state index is 12.8. The van der Waals surface area contributed by atoms with Gasteiger partial charge in [0.1, 0.15) is 0 Å². The number of carbonyl (C=O) groups is 1. The monoisotopic (exact) mass is 366 g/mol. The summed E-state index contributed by atoms with van der Waals surface area (Å²) in [4.78, 5) is 12.8. The Kier molecular flexibility index (Phi) is 5.58. The van der Waals surface area contributed by atoms with Crippen molar-refractivity contribution >= 4 is 5.91 Å². The molecule has 1 atom stereocenters. The zero-order valence-corrected chi connectivity index (χ0v) is 16.3. The lowest BCUT2D eigenvalue weighted by Gasteiger charge is -2.22. The fourth-order valence-electron chi connectivity index (χ4n) is 4.35. The number of aryl methyl sites for hydroxylation is 1. The van der Waals surface area contributed by atoms with Gasteiger partial charge >= 0.3 is 0 Å². The van der Waals surface area contributed by atoms with Crippen LogP contribution in [0.3, 0.4) is 0 Å². The average molecular weight is 367 g/mol. The molecule has 1 aromatic carbocycles. The second kappa shape index (κ2) is 8.26. The molecule has 1 aromatic heterocycles. The number of benzene rings is 1. The molecule has 1 aliphatic carbocycles. The first kappa shape index (κ1) is 18.2. The number of rotatable bonds is 6. The number of hydrogen-bond donors (Lipinski definition) is 2. The van der Waals surface area contributed by atoms with Crippen LogP contribution in [0, 0.1) is 5.92 Å². The summed E-state index contributed by atoms with van der Waals surface area (Å²) < 4.78 is 1.99. The highest BCUT2D eigenvalue weighted by molar-refractivity contribution is 5.94. The molecule has 144 valence electrons. The highest BCUT2D eigenvalue weighted by atomic mass is 16.1. The Morgan fingerprint density at radius 3 is 2.85 bits per heavy atom. The number of fused-ring (bicyclic) bond motifs is 1. The van der Waals surface area contributed by atoms with Crippen LogP contribution in [0.1, 0.15) is 59.9 Å². The Labute approximate surface area is 161 Å². The van der Waals surface area contributed by atoms with E-state index in [1.165, 1.54) is 24.1 Å². The minimum absolute atomic E-state index is 0.0131. The normalized spacial score (nSPS) is 19.1. The van der Waals surface area contributed by atoms with E-state index in [-0.39, 0.29) is 5.91 Å². The smallest absolute Gasteiger partial charge is 0.272 e. The largest absolute Gasteiger partial charge is 0.351 e. The number of piperidine rings is 1. The highest BCUT2D eigenvalue weighted by Crippen LogP contribution is 2.28. The van der Waals surface area contributed by atoms with Crippen molar-refractivity contribution in [1.29, 1.82) is 0 Å². The van der Waals surface area contributed by atoms with Crippen LogP contribution < -0.4 is 10.6 Å². The molecule has 1 unspecified atom stereocenters. The molecule has 0 radical (unpaired) electrons. The number of nitrogens with one attached hydrogen (secondary N) is 2. The molecule has 2 aliphatic rings. The molecule has 2 aromatic rings. The Balaban J connectivity index is 1.46. The van der Waals surface area contributed by atoms with Crippen LogP contribution in [0.15, 0.2) is 24.3 Å². The number of aromatic nitrogens is 2. The predicted octanol–water partition coefficient (Wildman–Crippen LogP) is 3.04. The Morgan fingerprint density at radius 2 is 2.11 bits per heavy atom. The van der Waals surface area contributed by atoms with Gasteiger partial charge in [-0.2, -0.15) is 5.10 Å². The Bertz CT molecular complexity index is 787. The van der Waals surface area contributed by atoms with Gasteiger partial charge in [-0.15, -0.1) is 0 Å². The van der Waals surface area contributed by atoms with Gasteiger partial charge in [-0.3, -0.25) is 4.79 Å². The van der Waals surface area contributed by atoms with Gasteiger partial charge in [0, 0.05) is 17.8 Å². The minimum Gasteiger partial charge on any atom is -0.351 e. The second-order valence-corrected chi connectivity index (χ2v) is 7.82. The topological polar surface area (TPSA) is 59.0 Å². The number of hydrogen-bond acceptors (Lipinski definition) is 3. The zero-order valence-electron chi connectivity index (χ0n) is 16.3. The molecular weight excluding hydrogens is 336 g/mol. The van der Waals surface area contributed by atoms with E-state index < -0.39 is 0 Å². The molecule has 5 nitrogen and oxygen atoms in total. The average Bonchev–Trinajstić information content (AvgIpc) is 3.31. The van der Waals surface area contributed by atoms with E-state index in [4.69, 9.17) is 5.10 Å². The maximum Gasteiger partial charge on any atom is 0.272 e. The maximum absolute atomic E-state index is 12.8. The van der Waals surface area contributed by atoms with E-state index >= 15 is 0 Å². The Hall–Kier alpha value is -2.14. The molecule has 5 heteroatoms. The molecule has 0 bridgehead atoms. The Morgan fingerprint density at radius 1 is 1.26 bits per heavy atom. The fraction of sp³-hybridized carbons (Fsp3) is 0.545. The van der Waals surface area contributed by atoms with E-state index in [1.807, 2.05) is 4.68 Å². The van der Waals surface area contributed by atoms with Crippen LogP contribution in [0.25, 0.3) is 5.69 Å². The summed E-state index contributed by atoms with van der Waals surface area (Å²) in [7, 11) is 0. The fourth-order valence-corrected chi connectivity index (χ4v) is 4.35. The van der Waals surface area contributed by atoms with Crippen LogP contribution in [0.2, 0.25) is 0 Å². The van der Waals surface area contributed by atoms with E-state index in [0.717, 1.165) is 63.0 Å². The second-order valence-electron chi connectivity index (χ2n) is 7.82. The molecule has 2 N–H and O–H groups in total. The number of carbonyl (C=O) groups excluding carboxylic acids is 1. The minimum atomic E-state index is -0.0131.